The highest BCUT2D eigenvalue weighted by atomic mass is 16.1. The molecule has 0 spiro atoms. The van der Waals surface area contributed by atoms with Crippen LogP contribution in [-0.2, 0) is 9.59 Å². The molecule has 2 saturated carbocycles. The van der Waals surface area contributed by atoms with Crippen LogP contribution in [-0.4, -0.2) is 11.6 Å². The Hall–Kier alpha value is -0.660. The van der Waals surface area contributed by atoms with Crippen LogP contribution < -0.4 is 0 Å². The first-order chi connectivity index (χ1) is 7.24. The highest BCUT2D eigenvalue weighted by Gasteiger charge is 2.24. The quantitative estimate of drug-likeness (QED) is 0.699. The summed E-state index contributed by atoms with van der Waals surface area (Å²) in [4.78, 5) is 22.2. The normalized spacial score (nSPS) is 25.9. The highest BCUT2D eigenvalue weighted by molar-refractivity contribution is 5.79. The van der Waals surface area contributed by atoms with Crippen LogP contribution in [0, 0.1) is 11.8 Å². The summed E-state index contributed by atoms with van der Waals surface area (Å²) in [5.41, 5.74) is 0. The number of hydrogen-bond donors (Lipinski definition) is 0. The van der Waals surface area contributed by atoms with Gasteiger partial charge in [0.25, 0.3) is 0 Å². The number of hydrogen-bond acceptors (Lipinski definition) is 2. The van der Waals surface area contributed by atoms with Gasteiger partial charge in [-0.15, -0.1) is 0 Å². The van der Waals surface area contributed by atoms with Gasteiger partial charge in [0.1, 0.15) is 11.6 Å². The molecule has 2 heteroatoms. The lowest BCUT2D eigenvalue weighted by Gasteiger charge is -2.27. The molecule has 0 N–H and O–H groups in total. The van der Waals surface area contributed by atoms with E-state index in [4.69, 9.17) is 0 Å². The van der Waals surface area contributed by atoms with Gasteiger partial charge < -0.3 is 0 Å². The van der Waals surface area contributed by atoms with E-state index in [1.165, 1.54) is 6.42 Å². The molecule has 0 heterocycles. The molecule has 2 aliphatic rings. The Morgan fingerprint density at radius 3 is 1.40 bits per heavy atom. The Labute approximate surface area is 91.4 Å². The third-order valence-corrected chi connectivity index (χ3v) is 3.99. The lowest BCUT2D eigenvalue weighted by Crippen LogP contribution is -2.20. The molecule has 0 bridgehead atoms. The number of carbonyl (C=O) groups excluding carboxylic acids is 2. The zero-order chi connectivity index (χ0) is 10.7. The third kappa shape index (κ3) is 3.15. The molecular formula is C13H20O2. The summed E-state index contributed by atoms with van der Waals surface area (Å²) in [7, 11) is 0. The molecule has 15 heavy (non-hydrogen) atoms. The Bertz CT molecular complexity index is 211. The van der Waals surface area contributed by atoms with Crippen LogP contribution in [0.1, 0.15) is 57.8 Å². The third-order valence-electron chi connectivity index (χ3n) is 3.99. The summed E-state index contributed by atoms with van der Waals surface area (Å²) in [5.74, 6) is 2.43. The maximum atomic E-state index is 11.1. The van der Waals surface area contributed by atoms with Gasteiger partial charge in [-0.1, -0.05) is 0 Å². The van der Waals surface area contributed by atoms with Crippen molar-refractivity contribution in [3.63, 3.8) is 0 Å². The van der Waals surface area contributed by atoms with Crippen LogP contribution in [0.2, 0.25) is 0 Å². The molecule has 0 radical (unpaired) electrons. The molecule has 0 aromatic heterocycles. The van der Waals surface area contributed by atoms with E-state index in [1.807, 2.05) is 0 Å². The molecule has 0 amide bonds. The molecule has 2 aliphatic carbocycles. The molecule has 0 atom stereocenters. The molecule has 0 aromatic rings. The van der Waals surface area contributed by atoms with E-state index in [1.54, 1.807) is 0 Å². The van der Waals surface area contributed by atoms with Gasteiger partial charge >= 0.3 is 0 Å². The largest absolute Gasteiger partial charge is 0.300 e. The van der Waals surface area contributed by atoms with E-state index in [-0.39, 0.29) is 0 Å². The summed E-state index contributed by atoms with van der Waals surface area (Å²) in [6.07, 6.45) is 8.87. The highest BCUT2D eigenvalue weighted by Crippen LogP contribution is 2.33. The predicted octanol–water partition coefficient (Wildman–Crippen LogP) is 2.90. The topological polar surface area (TPSA) is 34.1 Å². The molecule has 0 aliphatic heterocycles. The molecule has 2 fully saturated rings. The smallest absolute Gasteiger partial charge is 0.132 e. The van der Waals surface area contributed by atoms with Crippen molar-refractivity contribution in [3.05, 3.63) is 0 Å². The van der Waals surface area contributed by atoms with Gasteiger partial charge in [-0.2, -0.15) is 0 Å². The summed E-state index contributed by atoms with van der Waals surface area (Å²) < 4.78 is 0. The average molecular weight is 208 g/mol. The second kappa shape index (κ2) is 4.91. The Kier molecular flexibility index (Phi) is 3.55. The van der Waals surface area contributed by atoms with Crippen molar-refractivity contribution in [2.24, 2.45) is 11.8 Å². The fraction of sp³-hybridized carbons (Fsp3) is 0.846. The Balaban J connectivity index is 1.72. The summed E-state index contributed by atoms with van der Waals surface area (Å²) in [6, 6.07) is 0. The van der Waals surface area contributed by atoms with Crippen molar-refractivity contribution in [3.8, 4) is 0 Å². The summed E-state index contributed by atoms with van der Waals surface area (Å²) >= 11 is 0. The monoisotopic (exact) mass is 208 g/mol. The molecule has 0 aromatic carbocycles. The van der Waals surface area contributed by atoms with Crippen LogP contribution >= 0.6 is 0 Å². The Morgan fingerprint density at radius 1 is 0.733 bits per heavy atom. The van der Waals surface area contributed by atoms with Crippen molar-refractivity contribution in [1.82, 2.24) is 0 Å². The van der Waals surface area contributed by atoms with E-state index in [9.17, 15) is 9.59 Å². The zero-order valence-corrected chi connectivity index (χ0v) is 9.34. The second-order valence-corrected chi connectivity index (χ2v) is 5.20. The van der Waals surface area contributed by atoms with E-state index >= 15 is 0 Å². The zero-order valence-electron chi connectivity index (χ0n) is 9.34. The number of Topliss-reactive ketones (excluding diaryl/α,β-unsaturated/α-hetero) is 2. The van der Waals surface area contributed by atoms with E-state index < -0.39 is 0 Å². The molecule has 0 saturated heterocycles. The van der Waals surface area contributed by atoms with Crippen LogP contribution in [0.25, 0.3) is 0 Å². The van der Waals surface area contributed by atoms with Crippen LogP contribution in [0.3, 0.4) is 0 Å². The maximum Gasteiger partial charge on any atom is 0.132 e. The number of carbonyl (C=O) groups is 2. The Morgan fingerprint density at radius 2 is 1.07 bits per heavy atom. The second-order valence-electron chi connectivity index (χ2n) is 5.20. The van der Waals surface area contributed by atoms with Gasteiger partial charge in [-0.3, -0.25) is 9.59 Å². The van der Waals surface area contributed by atoms with E-state index in [0.29, 0.717) is 11.6 Å². The van der Waals surface area contributed by atoms with Gasteiger partial charge in [-0.05, 0) is 43.9 Å². The predicted molar refractivity (Wildman–Crippen MR) is 58.5 cm³/mol. The van der Waals surface area contributed by atoms with Gasteiger partial charge in [-0.25, -0.2) is 0 Å². The van der Waals surface area contributed by atoms with Crippen LogP contribution in [0.15, 0.2) is 0 Å². The van der Waals surface area contributed by atoms with E-state index in [0.717, 1.165) is 63.2 Å². The minimum Gasteiger partial charge on any atom is -0.300 e. The molecular weight excluding hydrogens is 188 g/mol. The first kappa shape index (κ1) is 10.8. The first-order valence-electron chi connectivity index (χ1n) is 6.27. The minimum atomic E-state index is 0.449. The standard InChI is InChI=1S/C13H20O2/c14-12-5-1-10(2-6-12)9-11-3-7-13(15)8-4-11/h10-11H,1-9H2. The maximum absolute atomic E-state index is 11.1. The number of ketones is 2. The van der Waals surface area contributed by atoms with Gasteiger partial charge in [0.15, 0.2) is 0 Å². The molecule has 2 nitrogen and oxygen atoms in total. The molecule has 84 valence electrons. The fourth-order valence-corrected chi connectivity index (χ4v) is 2.94. The van der Waals surface area contributed by atoms with Crippen LogP contribution in [0.5, 0.6) is 0 Å². The fourth-order valence-electron chi connectivity index (χ4n) is 2.94. The molecule has 2 rings (SSSR count). The lowest BCUT2D eigenvalue weighted by molar-refractivity contribution is -0.121. The van der Waals surface area contributed by atoms with Crippen molar-refractivity contribution in [2.45, 2.75) is 57.8 Å². The first-order valence-corrected chi connectivity index (χ1v) is 6.27. The average Bonchev–Trinajstić information content (AvgIpc) is 2.25. The SMILES string of the molecule is O=C1CCC(CC2CCC(=O)CC2)CC1. The van der Waals surface area contributed by atoms with Crippen molar-refractivity contribution in [1.29, 1.82) is 0 Å². The van der Waals surface area contributed by atoms with Crippen molar-refractivity contribution >= 4 is 11.6 Å². The number of rotatable bonds is 2. The van der Waals surface area contributed by atoms with Crippen LogP contribution in [0.4, 0.5) is 0 Å². The summed E-state index contributed by atoms with van der Waals surface area (Å²) in [6.45, 7) is 0. The van der Waals surface area contributed by atoms with Crippen molar-refractivity contribution in [2.75, 3.05) is 0 Å². The van der Waals surface area contributed by atoms with Crippen molar-refractivity contribution < 1.29 is 9.59 Å². The van der Waals surface area contributed by atoms with Gasteiger partial charge in [0.05, 0.1) is 0 Å². The summed E-state index contributed by atoms with van der Waals surface area (Å²) in [5, 5.41) is 0. The molecule has 0 unspecified atom stereocenters. The van der Waals surface area contributed by atoms with Gasteiger partial charge in [0, 0.05) is 25.7 Å². The van der Waals surface area contributed by atoms with Gasteiger partial charge in [0.2, 0.25) is 0 Å². The van der Waals surface area contributed by atoms with E-state index in [2.05, 4.69) is 0 Å². The minimum absolute atomic E-state index is 0.449. The lowest BCUT2D eigenvalue weighted by atomic mass is 9.77.